The molecule has 120 valence electrons. The van der Waals surface area contributed by atoms with Gasteiger partial charge in [0.25, 0.3) is 0 Å². The van der Waals surface area contributed by atoms with Crippen LogP contribution < -0.4 is 0 Å². The van der Waals surface area contributed by atoms with Crippen LogP contribution in [0.2, 0.25) is 0 Å². The summed E-state index contributed by atoms with van der Waals surface area (Å²) < 4.78 is 0. The average Bonchev–Trinajstić information content (AvgIpc) is 2.58. The molecule has 0 saturated carbocycles. The zero-order valence-electron chi connectivity index (χ0n) is 14.7. The van der Waals surface area contributed by atoms with Gasteiger partial charge < -0.3 is 0 Å². The second-order valence-electron chi connectivity index (χ2n) is 7.60. The lowest BCUT2D eigenvalue weighted by Gasteiger charge is -2.44. The van der Waals surface area contributed by atoms with E-state index in [0.29, 0.717) is 0 Å². The Morgan fingerprint density at radius 1 is 0.833 bits per heavy atom. The highest BCUT2D eigenvalue weighted by Crippen LogP contribution is 2.43. The molecule has 2 heteroatoms. The summed E-state index contributed by atoms with van der Waals surface area (Å²) >= 11 is 0. The molecule has 0 amide bonds. The van der Waals surface area contributed by atoms with E-state index in [9.17, 15) is 0 Å². The van der Waals surface area contributed by atoms with Gasteiger partial charge in [0.1, 0.15) is 0 Å². The predicted molar refractivity (Wildman–Crippen MR) is 101 cm³/mol. The van der Waals surface area contributed by atoms with Crippen LogP contribution in [-0.2, 0) is 5.41 Å². The summed E-state index contributed by atoms with van der Waals surface area (Å²) in [4.78, 5) is 9.68. The van der Waals surface area contributed by atoms with Crippen molar-refractivity contribution in [1.29, 1.82) is 0 Å². The number of rotatable bonds is 1. The monoisotopic (exact) mass is 314 g/mol. The lowest BCUT2D eigenvalue weighted by molar-refractivity contribution is 0.303. The van der Waals surface area contributed by atoms with Gasteiger partial charge in [-0.1, -0.05) is 56.3 Å². The number of nitrogens with zero attached hydrogens (tertiary/aromatic N) is 2. The number of aromatic nitrogens is 1. The van der Waals surface area contributed by atoms with Crippen molar-refractivity contribution in [2.45, 2.75) is 38.6 Å². The Hall–Kier alpha value is -2.48. The largest absolute Gasteiger partial charge is 0.277 e. The van der Waals surface area contributed by atoms with Gasteiger partial charge in [0, 0.05) is 28.1 Å². The summed E-state index contributed by atoms with van der Waals surface area (Å²) in [6.07, 6.45) is 1.84. The molecule has 2 heterocycles. The summed E-state index contributed by atoms with van der Waals surface area (Å²) in [5.41, 5.74) is 5.63. The standard InChI is InChI=1S/C22H22N2/c1-21(2)18-10-6-5-9-17(18)20(24-22(21,3)4)16-12-11-15-8-7-13-23-19(15)14-16/h5-14H,1-4H3. The highest BCUT2D eigenvalue weighted by atomic mass is 14.9. The highest BCUT2D eigenvalue weighted by Gasteiger charge is 2.43. The van der Waals surface area contributed by atoms with E-state index in [1.54, 1.807) is 0 Å². The van der Waals surface area contributed by atoms with E-state index in [-0.39, 0.29) is 11.0 Å². The molecule has 0 fully saturated rings. The molecule has 0 atom stereocenters. The molecular weight excluding hydrogens is 292 g/mol. The first-order chi connectivity index (χ1) is 11.4. The van der Waals surface area contributed by atoms with Crippen molar-refractivity contribution in [2.75, 3.05) is 0 Å². The fourth-order valence-corrected chi connectivity index (χ4v) is 3.48. The predicted octanol–water partition coefficient (Wildman–Crippen LogP) is 5.14. The molecule has 1 aromatic heterocycles. The van der Waals surface area contributed by atoms with E-state index in [2.05, 4.69) is 81.2 Å². The molecule has 0 radical (unpaired) electrons. The van der Waals surface area contributed by atoms with Gasteiger partial charge in [-0.05, 0) is 31.5 Å². The quantitative estimate of drug-likeness (QED) is 0.610. The Morgan fingerprint density at radius 3 is 2.46 bits per heavy atom. The van der Waals surface area contributed by atoms with Crippen LogP contribution >= 0.6 is 0 Å². The van der Waals surface area contributed by atoms with Crippen molar-refractivity contribution < 1.29 is 0 Å². The van der Waals surface area contributed by atoms with Crippen LogP contribution in [0.15, 0.2) is 65.8 Å². The average molecular weight is 314 g/mol. The third kappa shape index (κ3) is 2.10. The fraction of sp³-hybridized carbons (Fsp3) is 0.273. The molecule has 0 N–H and O–H groups in total. The number of aliphatic imine (C=N–C) groups is 1. The van der Waals surface area contributed by atoms with Crippen molar-refractivity contribution in [3.05, 3.63) is 77.5 Å². The first-order valence-electron chi connectivity index (χ1n) is 8.45. The second kappa shape index (κ2) is 5.01. The molecule has 0 spiro atoms. The minimum atomic E-state index is -0.171. The first-order valence-corrected chi connectivity index (χ1v) is 8.45. The van der Waals surface area contributed by atoms with Crippen LogP contribution in [0.3, 0.4) is 0 Å². The minimum absolute atomic E-state index is 0.0117. The van der Waals surface area contributed by atoms with E-state index >= 15 is 0 Å². The van der Waals surface area contributed by atoms with Crippen molar-refractivity contribution in [1.82, 2.24) is 4.98 Å². The Morgan fingerprint density at radius 2 is 1.62 bits per heavy atom. The Labute approximate surface area is 143 Å². The molecule has 24 heavy (non-hydrogen) atoms. The Balaban J connectivity index is 1.98. The van der Waals surface area contributed by atoms with Crippen LogP contribution in [0, 0.1) is 0 Å². The minimum Gasteiger partial charge on any atom is -0.277 e. The molecule has 0 saturated heterocycles. The Kier molecular flexibility index (Phi) is 3.14. The molecule has 3 aromatic rings. The normalized spacial score (nSPS) is 18.1. The van der Waals surface area contributed by atoms with Crippen LogP contribution in [-0.4, -0.2) is 16.2 Å². The molecule has 0 bridgehead atoms. The number of hydrogen-bond acceptors (Lipinski definition) is 2. The van der Waals surface area contributed by atoms with Gasteiger partial charge in [0.2, 0.25) is 0 Å². The maximum atomic E-state index is 5.17. The van der Waals surface area contributed by atoms with Crippen LogP contribution in [0.1, 0.15) is 44.4 Å². The number of pyridine rings is 1. The zero-order valence-corrected chi connectivity index (χ0v) is 14.7. The van der Waals surface area contributed by atoms with E-state index in [1.807, 2.05) is 12.3 Å². The van der Waals surface area contributed by atoms with Gasteiger partial charge in [-0.15, -0.1) is 0 Å². The van der Waals surface area contributed by atoms with Gasteiger partial charge in [0.15, 0.2) is 0 Å². The molecule has 1 aliphatic rings. The summed E-state index contributed by atoms with van der Waals surface area (Å²) in [6, 6.07) is 19.2. The summed E-state index contributed by atoms with van der Waals surface area (Å²) in [5.74, 6) is 0. The van der Waals surface area contributed by atoms with E-state index < -0.39 is 0 Å². The van der Waals surface area contributed by atoms with Crippen LogP contribution in [0.5, 0.6) is 0 Å². The van der Waals surface area contributed by atoms with Crippen molar-refractivity contribution in [3.8, 4) is 0 Å². The van der Waals surface area contributed by atoms with E-state index in [1.165, 1.54) is 11.1 Å². The van der Waals surface area contributed by atoms with Crippen LogP contribution in [0.25, 0.3) is 10.9 Å². The molecule has 2 aromatic carbocycles. The maximum absolute atomic E-state index is 5.17. The van der Waals surface area contributed by atoms with E-state index in [4.69, 9.17) is 4.99 Å². The fourth-order valence-electron chi connectivity index (χ4n) is 3.48. The molecule has 4 rings (SSSR count). The lowest BCUT2D eigenvalue weighted by Crippen LogP contribution is -2.46. The SMILES string of the molecule is CC1(C)N=C(c2ccc3cccnc3c2)c2ccccc2C1(C)C. The van der Waals surface area contributed by atoms with Crippen molar-refractivity contribution in [3.63, 3.8) is 0 Å². The molecule has 2 nitrogen and oxygen atoms in total. The number of hydrogen-bond donors (Lipinski definition) is 0. The van der Waals surface area contributed by atoms with Crippen LogP contribution in [0.4, 0.5) is 0 Å². The lowest BCUT2D eigenvalue weighted by atomic mass is 9.66. The molecule has 1 aliphatic heterocycles. The third-order valence-corrected chi connectivity index (χ3v) is 5.66. The smallest absolute Gasteiger partial charge is 0.0729 e. The third-order valence-electron chi connectivity index (χ3n) is 5.66. The van der Waals surface area contributed by atoms with Gasteiger partial charge >= 0.3 is 0 Å². The highest BCUT2D eigenvalue weighted by molar-refractivity contribution is 6.16. The molecule has 0 unspecified atom stereocenters. The number of fused-ring (bicyclic) bond motifs is 2. The van der Waals surface area contributed by atoms with Crippen molar-refractivity contribution in [2.24, 2.45) is 4.99 Å². The molecule has 0 aliphatic carbocycles. The van der Waals surface area contributed by atoms with Gasteiger partial charge in [0.05, 0.1) is 16.8 Å². The Bertz CT molecular complexity index is 964. The summed E-state index contributed by atoms with van der Waals surface area (Å²) in [5, 5.41) is 1.16. The first kappa shape index (κ1) is 15.1. The number of benzene rings is 2. The van der Waals surface area contributed by atoms with Gasteiger partial charge in [-0.2, -0.15) is 0 Å². The zero-order chi connectivity index (χ0) is 16.9. The van der Waals surface area contributed by atoms with Gasteiger partial charge in [-0.25, -0.2) is 0 Å². The summed E-state index contributed by atoms with van der Waals surface area (Å²) in [7, 11) is 0. The van der Waals surface area contributed by atoms with E-state index in [0.717, 1.165) is 22.2 Å². The topological polar surface area (TPSA) is 25.2 Å². The summed E-state index contributed by atoms with van der Waals surface area (Å²) in [6.45, 7) is 9.02. The second-order valence-corrected chi connectivity index (χ2v) is 7.60. The molecular formula is C22H22N2. The maximum Gasteiger partial charge on any atom is 0.0729 e. The van der Waals surface area contributed by atoms with Gasteiger partial charge in [-0.3, -0.25) is 9.98 Å². The van der Waals surface area contributed by atoms with Crippen molar-refractivity contribution >= 4 is 16.6 Å².